The third kappa shape index (κ3) is 4.35. The first-order chi connectivity index (χ1) is 15.0. The summed E-state index contributed by atoms with van der Waals surface area (Å²) in [6, 6.07) is 16.1. The van der Waals surface area contributed by atoms with Crippen LogP contribution in [0.5, 0.6) is 5.75 Å². The Kier molecular flexibility index (Phi) is 6.11. The number of amides is 1. The molecule has 5 nitrogen and oxygen atoms in total. The van der Waals surface area contributed by atoms with Crippen molar-refractivity contribution in [2.75, 3.05) is 13.1 Å². The van der Waals surface area contributed by atoms with Crippen molar-refractivity contribution in [2.45, 2.75) is 32.8 Å². The minimum atomic E-state index is -0.652. The van der Waals surface area contributed by atoms with Crippen LogP contribution in [0.15, 0.2) is 48.7 Å². The van der Waals surface area contributed by atoms with Crippen LogP contribution in [0, 0.1) is 24.2 Å². The molecule has 0 N–H and O–H groups in total. The first kappa shape index (κ1) is 21.1. The van der Waals surface area contributed by atoms with Gasteiger partial charge in [0.05, 0.1) is 12.0 Å². The number of nitriles is 1. The zero-order chi connectivity index (χ0) is 22.0. The van der Waals surface area contributed by atoms with Gasteiger partial charge < -0.3 is 9.64 Å². The highest BCUT2D eigenvalue weighted by molar-refractivity contribution is 6.34. The smallest absolute Gasteiger partial charge is 0.263 e. The van der Waals surface area contributed by atoms with Gasteiger partial charge in [-0.2, -0.15) is 5.26 Å². The number of rotatable bonds is 4. The van der Waals surface area contributed by atoms with Gasteiger partial charge in [0.15, 0.2) is 6.10 Å². The molecular weight excluding hydrogens is 410 g/mol. The lowest BCUT2D eigenvalue weighted by molar-refractivity contribution is -0.139. The van der Waals surface area contributed by atoms with Crippen LogP contribution in [-0.4, -0.2) is 35.0 Å². The molecule has 2 aromatic carbocycles. The van der Waals surface area contributed by atoms with E-state index >= 15 is 0 Å². The monoisotopic (exact) mass is 433 g/mol. The van der Waals surface area contributed by atoms with Crippen LogP contribution in [-0.2, 0) is 4.79 Å². The van der Waals surface area contributed by atoms with Gasteiger partial charge in [0.1, 0.15) is 10.9 Å². The van der Waals surface area contributed by atoms with Crippen molar-refractivity contribution in [3.8, 4) is 22.9 Å². The molecule has 1 aromatic heterocycles. The van der Waals surface area contributed by atoms with Crippen molar-refractivity contribution < 1.29 is 9.53 Å². The van der Waals surface area contributed by atoms with Crippen molar-refractivity contribution in [1.29, 1.82) is 5.26 Å². The standard InChI is InChI=1S/C25H24ClN3O2/c1-16-6-3-4-8-20(16)23-14-28-24(26)22-12-19(9-10-21(22)23)31-17(2)25(30)29-11-5-7-18(13-27)15-29/h3-4,6,8-10,12,14,17-18H,5,7,11,15H2,1-2H3/t17-,18-/m1/s1. The molecule has 0 unspecified atom stereocenters. The molecular formula is C25H24ClN3O2. The Labute approximate surface area is 187 Å². The maximum atomic E-state index is 12.8. The number of benzene rings is 2. The Hall–Kier alpha value is -3.10. The number of fused-ring (bicyclic) bond motifs is 1. The quantitative estimate of drug-likeness (QED) is 0.517. The highest BCUT2D eigenvalue weighted by Crippen LogP contribution is 2.35. The number of hydrogen-bond donors (Lipinski definition) is 0. The average Bonchev–Trinajstić information content (AvgIpc) is 2.80. The molecule has 4 rings (SSSR count). The SMILES string of the molecule is Cc1ccccc1-c1cnc(Cl)c2cc(O[C@H](C)C(=O)N3CCC[C@H](C#N)C3)ccc12. The fraction of sp³-hybridized carbons (Fsp3) is 0.320. The first-order valence-electron chi connectivity index (χ1n) is 10.5. The molecule has 0 spiro atoms. The molecule has 1 aliphatic heterocycles. The van der Waals surface area contributed by atoms with Crippen molar-refractivity contribution in [2.24, 2.45) is 5.92 Å². The van der Waals surface area contributed by atoms with Gasteiger partial charge in [-0.05, 0) is 61.4 Å². The summed E-state index contributed by atoms with van der Waals surface area (Å²) >= 11 is 6.41. The van der Waals surface area contributed by atoms with E-state index < -0.39 is 6.10 Å². The summed E-state index contributed by atoms with van der Waals surface area (Å²) in [5.74, 6) is 0.362. The predicted octanol–water partition coefficient (Wildman–Crippen LogP) is 5.39. The molecule has 2 atom stereocenters. The Morgan fingerprint density at radius 2 is 2.06 bits per heavy atom. The Morgan fingerprint density at radius 1 is 1.26 bits per heavy atom. The van der Waals surface area contributed by atoms with Crippen LogP contribution >= 0.6 is 11.6 Å². The largest absolute Gasteiger partial charge is 0.481 e. The molecule has 1 saturated heterocycles. The lowest BCUT2D eigenvalue weighted by atomic mass is 9.97. The van der Waals surface area contributed by atoms with E-state index in [1.54, 1.807) is 18.0 Å². The maximum Gasteiger partial charge on any atom is 0.263 e. The minimum Gasteiger partial charge on any atom is -0.481 e. The summed E-state index contributed by atoms with van der Waals surface area (Å²) in [5, 5.41) is 11.3. The third-order valence-electron chi connectivity index (χ3n) is 5.82. The molecule has 0 saturated carbocycles. The van der Waals surface area contributed by atoms with Gasteiger partial charge in [-0.3, -0.25) is 4.79 Å². The van der Waals surface area contributed by atoms with Gasteiger partial charge in [0.25, 0.3) is 5.91 Å². The highest BCUT2D eigenvalue weighted by Gasteiger charge is 2.27. The van der Waals surface area contributed by atoms with E-state index in [0.29, 0.717) is 24.0 Å². The molecule has 0 radical (unpaired) electrons. The fourth-order valence-electron chi connectivity index (χ4n) is 4.15. The number of pyridine rings is 1. The number of aryl methyl sites for hydroxylation is 1. The van der Waals surface area contributed by atoms with Crippen LogP contribution in [0.1, 0.15) is 25.3 Å². The lowest BCUT2D eigenvalue weighted by Crippen LogP contribution is -2.45. The number of hydrogen-bond acceptors (Lipinski definition) is 4. The second-order valence-electron chi connectivity index (χ2n) is 8.00. The molecule has 31 heavy (non-hydrogen) atoms. The summed E-state index contributed by atoms with van der Waals surface area (Å²) in [6.45, 7) is 4.94. The van der Waals surface area contributed by atoms with E-state index in [9.17, 15) is 10.1 Å². The van der Waals surface area contributed by atoms with E-state index in [4.69, 9.17) is 16.3 Å². The number of aromatic nitrogens is 1. The number of halogens is 1. The molecule has 0 aliphatic carbocycles. The van der Waals surface area contributed by atoms with Crippen LogP contribution in [0.25, 0.3) is 21.9 Å². The molecule has 2 heterocycles. The van der Waals surface area contributed by atoms with E-state index in [1.807, 2.05) is 30.3 Å². The van der Waals surface area contributed by atoms with E-state index in [0.717, 1.165) is 40.3 Å². The van der Waals surface area contributed by atoms with Gasteiger partial charge in [0.2, 0.25) is 0 Å². The molecule has 1 aliphatic rings. The van der Waals surface area contributed by atoms with Crippen LogP contribution in [0.4, 0.5) is 0 Å². The summed E-state index contributed by atoms with van der Waals surface area (Å²) in [5.41, 5.74) is 3.26. The predicted molar refractivity (Wildman–Crippen MR) is 122 cm³/mol. The first-order valence-corrected chi connectivity index (χ1v) is 10.8. The Balaban J connectivity index is 1.60. The summed E-state index contributed by atoms with van der Waals surface area (Å²) in [4.78, 5) is 18.9. The maximum absolute atomic E-state index is 12.8. The lowest BCUT2D eigenvalue weighted by Gasteiger charge is -2.31. The molecule has 158 valence electrons. The van der Waals surface area contributed by atoms with Gasteiger partial charge in [-0.25, -0.2) is 4.98 Å². The molecule has 1 fully saturated rings. The molecule has 0 bridgehead atoms. The fourth-order valence-corrected chi connectivity index (χ4v) is 4.35. The van der Waals surface area contributed by atoms with Gasteiger partial charge in [0, 0.05) is 30.2 Å². The van der Waals surface area contributed by atoms with Crippen LogP contribution in [0.2, 0.25) is 5.15 Å². The van der Waals surface area contributed by atoms with E-state index in [-0.39, 0.29) is 11.8 Å². The van der Waals surface area contributed by atoms with Crippen molar-refractivity contribution in [1.82, 2.24) is 9.88 Å². The van der Waals surface area contributed by atoms with Crippen molar-refractivity contribution in [3.63, 3.8) is 0 Å². The summed E-state index contributed by atoms with van der Waals surface area (Å²) < 4.78 is 5.97. The number of nitrogens with zero attached hydrogens (tertiary/aromatic N) is 3. The van der Waals surface area contributed by atoms with E-state index in [2.05, 4.69) is 30.1 Å². The Bertz CT molecular complexity index is 1170. The highest BCUT2D eigenvalue weighted by atomic mass is 35.5. The van der Waals surface area contributed by atoms with Crippen molar-refractivity contribution >= 4 is 28.3 Å². The molecule has 6 heteroatoms. The van der Waals surface area contributed by atoms with Crippen molar-refractivity contribution in [3.05, 3.63) is 59.4 Å². The van der Waals surface area contributed by atoms with Crippen LogP contribution in [0.3, 0.4) is 0 Å². The van der Waals surface area contributed by atoms with E-state index in [1.165, 1.54) is 0 Å². The normalized spacial score (nSPS) is 17.2. The molecule has 1 amide bonds. The van der Waals surface area contributed by atoms with Crippen LogP contribution < -0.4 is 4.74 Å². The zero-order valence-corrected chi connectivity index (χ0v) is 18.4. The second-order valence-corrected chi connectivity index (χ2v) is 8.36. The zero-order valence-electron chi connectivity index (χ0n) is 17.6. The van der Waals surface area contributed by atoms with Gasteiger partial charge >= 0.3 is 0 Å². The molecule has 3 aromatic rings. The second kappa shape index (κ2) is 8.95. The number of piperidine rings is 1. The third-order valence-corrected chi connectivity index (χ3v) is 6.12. The summed E-state index contributed by atoms with van der Waals surface area (Å²) in [7, 11) is 0. The number of carbonyl (C=O) groups excluding carboxylic acids is 1. The Morgan fingerprint density at radius 3 is 2.84 bits per heavy atom. The average molecular weight is 434 g/mol. The minimum absolute atomic E-state index is 0.0991. The topological polar surface area (TPSA) is 66.2 Å². The number of likely N-dealkylation sites (tertiary alicyclic amines) is 1. The van der Waals surface area contributed by atoms with Gasteiger partial charge in [-0.15, -0.1) is 0 Å². The number of ether oxygens (including phenoxy) is 1. The summed E-state index contributed by atoms with van der Waals surface area (Å²) in [6.07, 6.45) is 2.83. The number of carbonyl (C=O) groups is 1. The van der Waals surface area contributed by atoms with Gasteiger partial charge in [-0.1, -0.05) is 35.9 Å².